The second-order valence-electron chi connectivity index (χ2n) is 5.73. The first-order valence-corrected chi connectivity index (χ1v) is 7.43. The summed E-state index contributed by atoms with van der Waals surface area (Å²) in [6, 6.07) is 0.187. The molecule has 2 amide bonds. The van der Waals surface area contributed by atoms with E-state index in [1.54, 1.807) is 7.11 Å². The van der Waals surface area contributed by atoms with Gasteiger partial charge in [0.2, 0.25) is 0 Å². The van der Waals surface area contributed by atoms with Crippen molar-refractivity contribution >= 4 is 6.03 Å². The number of carbonyl (C=O) groups excluding carboxylic acids is 1. The van der Waals surface area contributed by atoms with E-state index in [2.05, 4.69) is 5.32 Å². The van der Waals surface area contributed by atoms with Crippen molar-refractivity contribution in [2.45, 2.75) is 50.7 Å². The van der Waals surface area contributed by atoms with Gasteiger partial charge in [-0.3, -0.25) is 0 Å². The number of methoxy groups -OCH3 is 1. The Morgan fingerprint density at radius 3 is 2.58 bits per heavy atom. The minimum Gasteiger partial charge on any atom is -0.396 e. The molecule has 0 radical (unpaired) electrons. The number of rotatable bonds is 3. The highest BCUT2D eigenvalue weighted by atomic mass is 16.5. The summed E-state index contributed by atoms with van der Waals surface area (Å²) in [6.07, 6.45) is 6.37. The van der Waals surface area contributed by atoms with Crippen LogP contribution in [-0.2, 0) is 4.74 Å². The van der Waals surface area contributed by atoms with Crippen molar-refractivity contribution in [2.75, 3.05) is 26.8 Å². The van der Waals surface area contributed by atoms with Crippen molar-refractivity contribution in [3.8, 4) is 0 Å². The van der Waals surface area contributed by atoms with Gasteiger partial charge in [-0.05, 0) is 31.6 Å². The van der Waals surface area contributed by atoms with Crippen molar-refractivity contribution in [1.82, 2.24) is 10.2 Å². The number of piperidine rings is 1. The third kappa shape index (κ3) is 3.83. The van der Waals surface area contributed by atoms with Gasteiger partial charge in [-0.25, -0.2) is 4.79 Å². The van der Waals surface area contributed by atoms with Gasteiger partial charge in [0.15, 0.2) is 0 Å². The maximum atomic E-state index is 12.2. The maximum Gasteiger partial charge on any atom is 0.317 e. The van der Waals surface area contributed by atoms with E-state index < -0.39 is 0 Å². The van der Waals surface area contributed by atoms with E-state index in [9.17, 15) is 4.79 Å². The summed E-state index contributed by atoms with van der Waals surface area (Å²) in [5, 5.41) is 12.2. The number of hydrogen-bond donors (Lipinski definition) is 2. The average molecular weight is 270 g/mol. The molecular formula is C14H26N2O3. The van der Waals surface area contributed by atoms with E-state index in [0.717, 1.165) is 45.2 Å². The molecule has 2 aliphatic rings. The lowest BCUT2D eigenvalue weighted by Crippen LogP contribution is -2.52. The van der Waals surface area contributed by atoms with E-state index in [0.29, 0.717) is 5.92 Å². The molecule has 0 aromatic carbocycles. The Bertz CT molecular complexity index is 290. The minimum atomic E-state index is 0.0327. The number of amides is 2. The van der Waals surface area contributed by atoms with Crippen molar-refractivity contribution in [3.05, 3.63) is 0 Å². The molecule has 0 bridgehead atoms. The predicted molar refractivity (Wildman–Crippen MR) is 73.0 cm³/mol. The Labute approximate surface area is 115 Å². The van der Waals surface area contributed by atoms with Crippen LogP contribution in [0.3, 0.4) is 0 Å². The predicted octanol–water partition coefficient (Wildman–Crippen LogP) is 1.36. The number of aliphatic hydroxyl groups is 1. The van der Waals surface area contributed by atoms with Gasteiger partial charge in [0.05, 0.1) is 12.1 Å². The number of carbonyl (C=O) groups is 1. The Morgan fingerprint density at radius 2 is 1.95 bits per heavy atom. The minimum absolute atomic E-state index is 0.0327. The van der Waals surface area contributed by atoms with E-state index in [1.807, 2.05) is 4.90 Å². The molecule has 0 aromatic rings. The van der Waals surface area contributed by atoms with Gasteiger partial charge >= 0.3 is 6.03 Å². The van der Waals surface area contributed by atoms with Crippen LogP contribution in [0.15, 0.2) is 0 Å². The molecule has 1 saturated carbocycles. The SMILES string of the molecule is COC1CCCCC1NC(=O)N1CCC(CO)CC1. The fourth-order valence-corrected chi connectivity index (χ4v) is 3.11. The second kappa shape index (κ2) is 7.10. The molecule has 110 valence electrons. The summed E-state index contributed by atoms with van der Waals surface area (Å²) < 4.78 is 5.46. The lowest BCUT2D eigenvalue weighted by Gasteiger charge is -2.35. The first-order valence-electron chi connectivity index (χ1n) is 7.43. The Hall–Kier alpha value is -0.810. The van der Waals surface area contributed by atoms with Gasteiger partial charge in [0.1, 0.15) is 0 Å². The molecule has 2 rings (SSSR count). The van der Waals surface area contributed by atoms with Crippen LogP contribution in [0.2, 0.25) is 0 Å². The van der Waals surface area contributed by atoms with Crippen LogP contribution in [0.4, 0.5) is 4.79 Å². The highest BCUT2D eigenvalue weighted by Gasteiger charge is 2.29. The van der Waals surface area contributed by atoms with Crippen molar-refractivity contribution in [3.63, 3.8) is 0 Å². The summed E-state index contributed by atoms with van der Waals surface area (Å²) in [5.41, 5.74) is 0. The van der Waals surface area contributed by atoms with Gasteiger partial charge in [-0.15, -0.1) is 0 Å². The van der Waals surface area contributed by atoms with Gasteiger partial charge in [-0.1, -0.05) is 12.8 Å². The third-order valence-corrected chi connectivity index (χ3v) is 4.47. The fourth-order valence-electron chi connectivity index (χ4n) is 3.11. The van der Waals surface area contributed by atoms with Gasteiger partial charge in [-0.2, -0.15) is 0 Å². The van der Waals surface area contributed by atoms with Crippen LogP contribution in [0.25, 0.3) is 0 Å². The van der Waals surface area contributed by atoms with E-state index in [-0.39, 0.29) is 24.8 Å². The number of aliphatic hydroxyl groups excluding tert-OH is 1. The highest BCUT2D eigenvalue weighted by molar-refractivity contribution is 5.74. The quantitative estimate of drug-likeness (QED) is 0.814. The van der Waals surface area contributed by atoms with Crippen LogP contribution in [0.1, 0.15) is 38.5 Å². The lowest BCUT2D eigenvalue weighted by atomic mass is 9.92. The Morgan fingerprint density at radius 1 is 1.26 bits per heavy atom. The van der Waals surface area contributed by atoms with E-state index >= 15 is 0 Å². The van der Waals surface area contributed by atoms with E-state index in [1.165, 1.54) is 6.42 Å². The molecule has 1 aliphatic carbocycles. The average Bonchev–Trinajstić information content (AvgIpc) is 2.48. The van der Waals surface area contributed by atoms with Crippen molar-refractivity contribution in [1.29, 1.82) is 0 Å². The summed E-state index contributed by atoms with van der Waals surface area (Å²) in [5.74, 6) is 0.366. The normalized spacial score (nSPS) is 29.3. The van der Waals surface area contributed by atoms with Crippen LogP contribution in [-0.4, -0.2) is 55.0 Å². The van der Waals surface area contributed by atoms with Crippen LogP contribution < -0.4 is 5.32 Å². The largest absolute Gasteiger partial charge is 0.396 e. The molecule has 2 unspecified atom stereocenters. The second-order valence-corrected chi connectivity index (χ2v) is 5.73. The molecule has 1 aliphatic heterocycles. The number of nitrogens with zero attached hydrogens (tertiary/aromatic N) is 1. The summed E-state index contributed by atoms with van der Waals surface area (Å²) in [7, 11) is 1.72. The monoisotopic (exact) mass is 270 g/mol. The molecule has 1 saturated heterocycles. The first-order chi connectivity index (χ1) is 9.24. The zero-order valence-corrected chi connectivity index (χ0v) is 11.8. The van der Waals surface area contributed by atoms with Gasteiger partial charge in [0.25, 0.3) is 0 Å². The molecule has 2 fully saturated rings. The third-order valence-electron chi connectivity index (χ3n) is 4.47. The van der Waals surface area contributed by atoms with E-state index in [4.69, 9.17) is 9.84 Å². The first kappa shape index (κ1) is 14.6. The number of ether oxygens (including phenoxy) is 1. The molecule has 0 spiro atoms. The number of hydrogen-bond acceptors (Lipinski definition) is 3. The zero-order valence-electron chi connectivity index (χ0n) is 11.8. The van der Waals surface area contributed by atoms with Crippen LogP contribution in [0, 0.1) is 5.92 Å². The van der Waals surface area contributed by atoms with Crippen molar-refractivity contribution < 1.29 is 14.6 Å². The highest BCUT2D eigenvalue weighted by Crippen LogP contribution is 2.22. The molecule has 0 aromatic heterocycles. The molecule has 1 heterocycles. The van der Waals surface area contributed by atoms with Crippen LogP contribution in [0.5, 0.6) is 0 Å². The molecule has 5 heteroatoms. The van der Waals surface area contributed by atoms with Gasteiger partial charge in [0, 0.05) is 26.8 Å². The molecular weight excluding hydrogens is 244 g/mol. The number of nitrogens with one attached hydrogen (secondary N) is 1. The fraction of sp³-hybridized carbons (Fsp3) is 0.929. The summed E-state index contributed by atoms with van der Waals surface area (Å²) in [6.45, 7) is 1.74. The Kier molecular flexibility index (Phi) is 5.45. The standard InChI is InChI=1S/C14H26N2O3/c1-19-13-5-3-2-4-12(13)15-14(18)16-8-6-11(10-17)7-9-16/h11-13,17H,2-10H2,1H3,(H,15,18). The summed E-state index contributed by atoms with van der Waals surface area (Å²) >= 11 is 0. The number of urea groups is 1. The molecule has 2 atom stereocenters. The number of likely N-dealkylation sites (tertiary alicyclic amines) is 1. The molecule has 19 heavy (non-hydrogen) atoms. The lowest BCUT2D eigenvalue weighted by molar-refractivity contribution is 0.0419. The van der Waals surface area contributed by atoms with Crippen LogP contribution >= 0.6 is 0 Å². The smallest absolute Gasteiger partial charge is 0.317 e. The zero-order chi connectivity index (χ0) is 13.7. The maximum absolute atomic E-state index is 12.2. The van der Waals surface area contributed by atoms with Crippen molar-refractivity contribution in [2.24, 2.45) is 5.92 Å². The summed E-state index contributed by atoms with van der Waals surface area (Å²) in [4.78, 5) is 14.1. The topological polar surface area (TPSA) is 61.8 Å². The molecule has 5 nitrogen and oxygen atoms in total. The molecule has 2 N–H and O–H groups in total. The van der Waals surface area contributed by atoms with Gasteiger partial charge < -0.3 is 20.1 Å². The Balaban J connectivity index is 1.80.